The summed E-state index contributed by atoms with van der Waals surface area (Å²) in [6, 6.07) is 2.73. The van der Waals surface area contributed by atoms with Gasteiger partial charge in [-0.3, -0.25) is 4.79 Å². The van der Waals surface area contributed by atoms with Crippen LogP contribution < -0.4 is 10.2 Å². The summed E-state index contributed by atoms with van der Waals surface area (Å²) in [5.74, 6) is 0.954. The number of halogens is 3. The van der Waals surface area contributed by atoms with Crippen LogP contribution in [0.15, 0.2) is 18.3 Å². The molecule has 0 unspecified atom stereocenters. The number of carbonyl (C=O) groups excluding carboxylic acids is 1. The summed E-state index contributed by atoms with van der Waals surface area (Å²) in [4.78, 5) is 20.4. The van der Waals surface area contributed by atoms with Gasteiger partial charge in [-0.2, -0.15) is 13.2 Å². The number of alkyl halides is 3. The van der Waals surface area contributed by atoms with Crippen LogP contribution in [0.3, 0.4) is 0 Å². The topological polar surface area (TPSA) is 48.5 Å². The molecular weight excluding hydrogens is 357 g/mol. The summed E-state index contributed by atoms with van der Waals surface area (Å²) in [6.45, 7) is 6.10. The number of likely N-dealkylation sites (N-methyl/N-ethyl adjacent to an activating group) is 1. The maximum atomic E-state index is 12.6. The highest BCUT2D eigenvalue weighted by molar-refractivity contribution is 5.79. The first-order valence-electron chi connectivity index (χ1n) is 9.32. The molecule has 1 aliphatic rings. The zero-order valence-electron chi connectivity index (χ0n) is 16.4. The van der Waals surface area contributed by atoms with Gasteiger partial charge in [0, 0.05) is 37.8 Å². The molecule has 1 atom stereocenters. The minimum Gasteiger partial charge on any atom is -0.357 e. The summed E-state index contributed by atoms with van der Waals surface area (Å²) in [7, 11) is 4.01. The number of nitrogens with one attached hydrogen (secondary N) is 1. The SMILES string of the molecule is CC(C)[C@H](CNC(=O)C1CCN(c2ccc(C(F)(F)F)cn2)CC1)N(C)C. The summed E-state index contributed by atoms with van der Waals surface area (Å²) < 4.78 is 37.9. The number of nitrogens with zero attached hydrogens (tertiary/aromatic N) is 3. The normalized spacial score (nSPS) is 17.4. The van der Waals surface area contributed by atoms with Crippen molar-refractivity contribution in [3.63, 3.8) is 0 Å². The minimum absolute atomic E-state index is 0.0579. The van der Waals surface area contributed by atoms with E-state index in [1.807, 2.05) is 19.0 Å². The first-order valence-corrected chi connectivity index (χ1v) is 9.32. The Morgan fingerprint density at radius 1 is 1.30 bits per heavy atom. The monoisotopic (exact) mass is 386 g/mol. The lowest BCUT2D eigenvalue weighted by atomic mass is 9.95. The van der Waals surface area contributed by atoms with Crippen LogP contribution in [-0.4, -0.2) is 55.6 Å². The van der Waals surface area contributed by atoms with E-state index in [4.69, 9.17) is 0 Å². The van der Waals surface area contributed by atoms with Crippen LogP contribution in [0, 0.1) is 11.8 Å². The molecule has 1 saturated heterocycles. The maximum absolute atomic E-state index is 12.6. The zero-order chi connectivity index (χ0) is 20.2. The zero-order valence-corrected chi connectivity index (χ0v) is 16.4. The van der Waals surface area contributed by atoms with Crippen LogP contribution in [0.1, 0.15) is 32.3 Å². The molecule has 1 amide bonds. The van der Waals surface area contributed by atoms with Crippen molar-refractivity contribution < 1.29 is 18.0 Å². The summed E-state index contributed by atoms with van der Waals surface area (Å²) in [5, 5.41) is 3.05. The fraction of sp³-hybridized carbons (Fsp3) is 0.684. The van der Waals surface area contributed by atoms with E-state index in [2.05, 4.69) is 29.0 Å². The van der Waals surface area contributed by atoms with Crippen molar-refractivity contribution in [1.82, 2.24) is 15.2 Å². The second-order valence-electron chi connectivity index (χ2n) is 7.68. The molecule has 1 aromatic heterocycles. The highest BCUT2D eigenvalue weighted by atomic mass is 19.4. The van der Waals surface area contributed by atoms with Crippen molar-refractivity contribution >= 4 is 11.7 Å². The molecule has 0 bridgehead atoms. The Morgan fingerprint density at radius 3 is 2.37 bits per heavy atom. The van der Waals surface area contributed by atoms with Gasteiger partial charge in [-0.1, -0.05) is 13.8 Å². The quantitative estimate of drug-likeness (QED) is 0.817. The van der Waals surface area contributed by atoms with Gasteiger partial charge in [0.15, 0.2) is 0 Å². The van der Waals surface area contributed by atoms with Crippen molar-refractivity contribution in [3.05, 3.63) is 23.9 Å². The van der Waals surface area contributed by atoms with Gasteiger partial charge in [0.2, 0.25) is 5.91 Å². The molecule has 2 heterocycles. The molecule has 0 radical (unpaired) electrons. The third-order valence-electron chi connectivity index (χ3n) is 5.18. The third kappa shape index (κ3) is 5.82. The predicted molar refractivity (Wildman–Crippen MR) is 99.5 cm³/mol. The number of piperidine rings is 1. The van der Waals surface area contributed by atoms with Gasteiger partial charge in [0.1, 0.15) is 5.82 Å². The Labute approximate surface area is 158 Å². The smallest absolute Gasteiger partial charge is 0.357 e. The van der Waals surface area contributed by atoms with Crippen molar-refractivity contribution in [3.8, 4) is 0 Å². The van der Waals surface area contributed by atoms with Crippen LogP contribution >= 0.6 is 0 Å². The Morgan fingerprint density at radius 2 is 1.93 bits per heavy atom. The Bertz CT molecular complexity index is 600. The Hall–Kier alpha value is -1.83. The first kappa shape index (κ1) is 21.5. The largest absolute Gasteiger partial charge is 0.417 e. The molecule has 8 heteroatoms. The van der Waals surface area contributed by atoms with E-state index in [1.165, 1.54) is 6.07 Å². The molecule has 152 valence electrons. The van der Waals surface area contributed by atoms with E-state index in [1.54, 1.807) is 0 Å². The molecule has 1 N–H and O–H groups in total. The van der Waals surface area contributed by atoms with Gasteiger partial charge in [0.25, 0.3) is 0 Å². The number of pyridine rings is 1. The standard InChI is InChI=1S/C19H29F3N4O/c1-13(2)16(25(3)4)12-24-18(27)14-7-9-26(10-8-14)17-6-5-15(11-23-17)19(20,21)22/h5-6,11,13-14,16H,7-10,12H2,1-4H3,(H,24,27)/t16-/m0/s1. The predicted octanol–water partition coefficient (Wildman–Crippen LogP) is 3.02. The van der Waals surface area contributed by atoms with Crippen LogP contribution in [0.5, 0.6) is 0 Å². The lowest BCUT2D eigenvalue weighted by molar-refractivity contribution is -0.137. The fourth-order valence-electron chi connectivity index (χ4n) is 3.48. The summed E-state index contributed by atoms with van der Waals surface area (Å²) in [5.41, 5.74) is -0.749. The molecule has 1 aromatic rings. The number of anilines is 1. The fourth-order valence-corrected chi connectivity index (χ4v) is 3.48. The van der Waals surface area contributed by atoms with Gasteiger partial charge in [-0.25, -0.2) is 4.98 Å². The Balaban J connectivity index is 1.85. The molecule has 1 aliphatic heterocycles. The number of amides is 1. The minimum atomic E-state index is -4.38. The number of carbonyl (C=O) groups is 1. The molecule has 0 aliphatic carbocycles. The van der Waals surface area contributed by atoms with Gasteiger partial charge in [-0.15, -0.1) is 0 Å². The Kier molecular flexibility index (Phi) is 7.08. The summed E-state index contributed by atoms with van der Waals surface area (Å²) in [6.07, 6.45) is -2.18. The average Bonchev–Trinajstić information content (AvgIpc) is 2.60. The van der Waals surface area contributed by atoms with Crippen molar-refractivity contribution in [2.45, 2.75) is 38.9 Å². The van der Waals surface area contributed by atoms with Gasteiger partial charge in [0.05, 0.1) is 5.56 Å². The molecular formula is C19H29F3N4O. The number of hydrogen-bond donors (Lipinski definition) is 1. The van der Waals surface area contributed by atoms with E-state index in [-0.39, 0.29) is 17.9 Å². The summed E-state index contributed by atoms with van der Waals surface area (Å²) >= 11 is 0. The molecule has 1 fully saturated rings. The maximum Gasteiger partial charge on any atom is 0.417 e. The highest BCUT2D eigenvalue weighted by Gasteiger charge is 2.31. The molecule has 2 rings (SSSR count). The van der Waals surface area contributed by atoms with Crippen LogP contribution in [0.4, 0.5) is 19.0 Å². The average molecular weight is 386 g/mol. The van der Waals surface area contributed by atoms with E-state index < -0.39 is 11.7 Å². The van der Waals surface area contributed by atoms with E-state index in [0.29, 0.717) is 44.2 Å². The number of rotatable bonds is 6. The number of aromatic nitrogens is 1. The van der Waals surface area contributed by atoms with Crippen LogP contribution in [0.2, 0.25) is 0 Å². The first-order chi connectivity index (χ1) is 12.6. The molecule has 5 nitrogen and oxygen atoms in total. The van der Waals surface area contributed by atoms with E-state index in [9.17, 15) is 18.0 Å². The van der Waals surface area contributed by atoms with E-state index in [0.717, 1.165) is 12.3 Å². The lowest BCUT2D eigenvalue weighted by Gasteiger charge is -2.33. The lowest BCUT2D eigenvalue weighted by Crippen LogP contribution is -2.46. The molecule has 0 spiro atoms. The number of hydrogen-bond acceptors (Lipinski definition) is 4. The van der Waals surface area contributed by atoms with Gasteiger partial charge >= 0.3 is 6.18 Å². The van der Waals surface area contributed by atoms with Crippen LogP contribution in [0.25, 0.3) is 0 Å². The van der Waals surface area contributed by atoms with Crippen molar-refractivity contribution in [2.75, 3.05) is 38.6 Å². The van der Waals surface area contributed by atoms with Crippen molar-refractivity contribution in [2.24, 2.45) is 11.8 Å². The van der Waals surface area contributed by atoms with E-state index >= 15 is 0 Å². The second kappa shape index (κ2) is 8.91. The van der Waals surface area contributed by atoms with Gasteiger partial charge < -0.3 is 15.1 Å². The third-order valence-corrected chi connectivity index (χ3v) is 5.18. The van der Waals surface area contributed by atoms with Crippen LogP contribution in [-0.2, 0) is 11.0 Å². The second-order valence-corrected chi connectivity index (χ2v) is 7.68. The molecule has 27 heavy (non-hydrogen) atoms. The van der Waals surface area contributed by atoms with Gasteiger partial charge in [-0.05, 0) is 45.0 Å². The molecule has 0 saturated carbocycles. The molecule has 0 aromatic carbocycles. The highest BCUT2D eigenvalue weighted by Crippen LogP contribution is 2.30. The van der Waals surface area contributed by atoms with Crippen molar-refractivity contribution in [1.29, 1.82) is 0 Å².